The Balaban J connectivity index is 3.27. The Bertz CT molecular complexity index is 375. The van der Waals surface area contributed by atoms with Gasteiger partial charge in [-0.05, 0) is 43.9 Å². The number of aryl methyl sites for hydroxylation is 2. The molecule has 0 fully saturated rings. The molecule has 0 heterocycles. The van der Waals surface area contributed by atoms with Crippen molar-refractivity contribution in [2.75, 3.05) is 13.7 Å². The molecule has 1 aromatic carbocycles. The average molecular weight is 223 g/mol. The summed E-state index contributed by atoms with van der Waals surface area (Å²) in [6, 6.07) is 2.04. The Morgan fingerprint density at radius 3 is 2.50 bits per heavy atom. The summed E-state index contributed by atoms with van der Waals surface area (Å²) < 4.78 is 5.22. The van der Waals surface area contributed by atoms with Crippen molar-refractivity contribution in [1.82, 2.24) is 0 Å². The third-order valence-electron chi connectivity index (χ3n) is 2.98. The maximum Gasteiger partial charge on any atom is 0.163 e. The first-order chi connectivity index (χ1) is 7.52. The van der Waals surface area contributed by atoms with Gasteiger partial charge in [0, 0.05) is 5.56 Å². The molecule has 0 radical (unpaired) electrons. The number of phenols is 1. The van der Waals surface area contributed by atoms with Crippen molar-refractivity contribution in [3.05, 3.63) is 22.8 Å². The van der Waals surface area contributed by atoms with Crippen molar-refractivity contribution in [1.29, 1.82) is 0 Å². The highest BCUT2D eigenvalue weighted by Crippen LogP contribution is 2.40. The molecule has 0 bridgehead atoms. The normalized spacial score (nSPS) is 12.6. The van der Waals surface area contributed by atoms with Gasteiger partial charge in [-0.2, -0.15) is 0 Å². The molecular weight excluding hydrogens is 202 g/mol. The van der Waals surface area contributed by atoms with Gasteiger partial charge in [0.05, 0.1) is 7.11 Å². The summed E-state index contributed by atoms with van der Waals surface area (Å²) in [6.45, 7) is 6.64. The SMILES string of the molecule is COc1c(C)cc(C)c(C(C)CCN)c1O. The zero-order valence-corrected chi connectivity index (χ0v) is 10.5. The summed E-state index contributed by atoms with van der Waals surface area (Å²) in [4.78, 5) is 0. The second-order valence-corrected chi connectivity index (χ2v) is 4.28. The van der Waals surface area contributed by atoms with Gasteiger partial charge in [0.15, 0.2) is 11.5 Å². The highest BCUT2D eigenvalue weighted by Gasteiger charge is 2.18. The van der Waals surface area contributed by atoms with Crippen molar-refractivity contribution in [2.24, 2.45) is 5.73 Å². The van der Waals surface area contributed by atoms with Crippen LogP contribution in [0.25, 0.3) is 0 Å². The van der Waals surface area contributed by atoms with E-state index < -0.39 is 0 Å². The summed E-state index contributed by atoms with van der Waals surface area (Å²) in [5.41, 5.74) is 8.56. The molecule has 1 unspecified atom stereocenters. The lowest BCUT2D eigenvalue weighted by atomic mass is 9.91. The van der Waals surface area contributed by atoms with E-state index in [-0.39, 0.29) is 11.7 Å². The highest BCUT2D eigenvalue weighted by molar-refractivity contribution is 5.55. The minimum Gasteiger partial charge on any atom is -0.504 e. The summed E-state index contributed by atoms with van der Waals surface area (Å²) >= 11 is 0. The van der Waals surface area contributed by atoms with Crippen LogP contribution < -0.4 is 10.5 Å². The van der Waals surface area contributed by atoms with Crippen LogP contribution in [0.15, 0.2) is 6.07 Å². The highest BCUT2D eigenvalue weighted by atomic mass is 16.5. The summed E-state index contributed by atoms with van der Waals surface area (Å²) in [5, 5.41) is 10.2. The number of hydrogen-bond donors (Lipinski definition) is 2. The maximum absolute atomic E-state index is 10.2. The standard InChI is InChI=1S/C13H21NO2/c1-8(5-6-14)11-9(2)7-10(3)13(16-4)12(11)15/h7-8,15H,5-6,14H2,1-4H3. The minimum absolute atomic E-state index is 0.250. The summed E-state index contributed by atoms with van der Waals surface area (Å²) in [5.74, 6) is 1.09. The fourth-order valence-corrected chi connectivity index (χ4v) is 2.24. The molecule has 0 aliphatic heterocycles. The van der Waals surface area contributed by atoms with E-state index in [1.807, 2.05) is 19.9 Å². The number of phenolic OH excluding ortho intramolecular Hbond substituents is 1. The van der Waals surface area contributed by atoms with E-state index in [9.17, 15) is 5.11 Å². The van der Waals surface area contributed by atoms with E-state index in [0.29, 0.717) is 12.3 Å². The smallest absolute Gasteiger partial charge is 0.163 e. The van der Waals surface area contributed by atoms with Crippen LogP contribution in [-0.4, -0.2) is 18.8 Å². The second-order valence-electron chi connectivity index (χ2n) is 4.28. The topological polar surface area (TPSA) is 55.5 Å². The zero-order chi connectivity index (χ0) is 12.3. The van der Waals surface area contributed by atoms with Gasteiger partial charge in [0.1, 0.15) is 0 Å². The molecule has 0 amide bonds. The van der Waals surface area contributed by atoms with Crippen LogP contribution >= 0.6 is 0 Å². The predicted molar refractivity (Wildman–Crippen MR) is 66.2 cm³/mol. The first-order valence-electron chi connectivity index (χ1n) is 5.60. The molecule has 3 N–H and O–H groups in total. The lowest BCUT2D eigenvalue weighted by Gasteiger charge is -2.19. The molecule has 1 aromatic rings. The number of nitrogens with two attached hydrogens (primary N) is 1. The lowest BCUT2D eigenvalue weighted by Crippen LogP contribution is -2.07. The van der Waals surface area contributed by atoms with Crippen LogP contribution in [0.3, 0.4) is 0 Å². The third kappa shape index (κ3) is 2.30. The maximum atomic E-state index is 10.2. The van der Waals surface area contributed by atoms with Crippen molar-refractivity contribution in [2.45, 2.75) is 33.1 Å². The molecule has 0 aromatic heterocycles. The molecule has 0 spiro atoms. The number of ether oxygens (including phenoxy) is 1. The van der Waals surface area contributed by atoms with Gasteiger partial charge < -0.3 is 15.6 Å². The van der Waals surface area contributed by atoms with Crippen molar-refractivity contribution in [3.63, 3.8) is 0 Å². The fraction of sp³-hybridized carbons (Fsp3) is 0.538. The molecule has 3 nitrogen and oxygen atoms in total. The Morgan fingerprint density at radius 2 is 2.00 bits per heavy atom. The fourth-order valence-electron chi connectivity index (χ4n) is 2.24. The molecule has 90 valence electrons. The van der Waals surface area contributed by atoms with Crippen LogP contribution in [0, 0.1) is 13.8 Å². The molecule has 16 heavy (non-hydrogen) atoms. The summed E-state index contributed by atoms with van der Waals surface area (Å²) in [6.07, 6.45) is 0.862. The van der Waals surface area contributed by atoms with Crippen molar-refractivity contribution < 1.29 is 9.84 Å². The monoisotopic (exact) mass is 223 g/mol. The number of aromatic hydroxyl groups is 1. The quantitative estimate of drug-likeness (QED) is 0.824. The summed E-state index contributed by atoms with van der Waals surface area (Å²) in [7, 11) is 1.58. The van der Waals surface area contributed by atoms with Gasteiger partial charge in [0.2, 0.25) is 0 Å². The second kappa shape index (κ2) is 5.21. The first-order valence-corrected chi connectivity index (χ1v) is 5.60. The number of methoxy groups -OCH3 is 1. The molecular formula is C13H21NO2. The predicted octanol–water partition coefficient (Wildman–Crippen LogP) is 2.47. The molecule has 1 rings (SSSR count). The Hall–Kier alpha value is -1.22. The van der Waals surface area contributed by atoms with Crippen LogP contribution in [-0.2, 0) is 0 Å². The largest absolute Gasteiger partial charge is 0.504 e. The molecule has 3 heteroatoms. The van der Waals surface area contributed by atoms with Crippen LogP contribution in [0.1, 0.15) is 36.0 Å². The Labute approximate surface area is 97.2 Å². The van der Waals surface area contributed by atoms with Gasteiger partial charge >= 0.3 is 0 Å². The zero-order valence-electron chi connectivity index (χ0n) is 10.5. The van der Waals surface area contributed by atoms with E-state index in [1.165, 1.54) is 0 Å². The molecule has 0 aliphatic rings. The Morgan fingerprint density at radius 1 is 1.38 bits per heavy atom. The minimum atomic E-state index is 0.250. The Kier molecular flexibility index (Phi) is 4.19. The third-order valence-corrected chi connectivity index (χ3v) is 2.98. The van der Waals surface area contributed by atoms with Gasteiger partial charge in [-0.15, -0.1) is 0 Å². The molecule has 0 saturated carbocycles. The van der Waals surface area contributed by atoms with Gasteiger partial charge in [0.25, 0.3) is 0 Å². The van der Waals surface area contributed by atoms with Crippen LogP contribution in [0.4, 0.5) is 0 Å². The number of rotatable bonds is 4. The van der Waals surface area contributed by atoms with E-state index >= 15 is 0 Å². The van der Waals surface area contributed by atoms with E-state index in [1.54, 1.807) is 7.11 Å². The van der Waals surface area contributed by atoms with Crippen molar-refractivity contribution >= 4 is 0 Å². The van der Waals surface area contributed by atoms with E-state index in [0.717, 1.165) is 23.1 Å². The van der Waals surface area contributed by atoms with Gasteiger partial charge in [-0.25, -0.2) is 0 Å². The van der Waals surface area contributed by atoms with Gasteiger partial charge in [-0.3, -0.25) is 0 Å². The van der Waals surface area contributed by atoms with E-state index in [4.69, 9.17) is 10.5 Å². The molecule has 0 saturated heterocycles. The van der Waals surface area contributed by atoms with Crippen molar-refractivity contribution in [3.8, 4) is 11.5 Å². The van der Waals surface area contributed by atoms with Crippen LogP contribution in [0.5, 0.6) is 11.5 Å². The molecule has 1 atom stereocenters. The first kappa shape index (κ1) is 12.8. The van der Waals surface area contributed by atoms with E-state index in [2.05, 4.69) is 6.92 Å². The lowest BCUT2D eigenvalue weighted by molar-refractivity contribution is 0.365. The van der Waals surface area contributed by atoms with Gasteiger partial charge in [-0.1, -0.05) is 13.0 Å². The number of benzene rings is 1. The van der Waals surface area contributed by atoms with Crippen LogP contribution in [0.2, 0.25) is 0 Å². The number of hydrogen-bond acceptors (Lipinski definition) is 3. The average Bonchev–Trinajstić information content (AvgIpc) is 2.17. The molecule has 0 aliphatic carbocycles.